The van der Waals surface area contributed by atoms with Crippen LogP contribution in [0.25, 0.3) is 0 Å². The van der Waals surface area contributed by atoms with Crippen LogP contribution in [0, 0.1) is 0 Å². The van der Waals surface area contributed by atoms with Crippen molar-refractivity contribution in [2.75, 3.05) is 31.6 Å². The number of fused-ring (bicyclic) bond motifs is 1. The van der Waals surface area contributed by atoms with Gasteiger partial charge in [0.2, 0.25) is 5.91 Å². The second kappa shape index (κ2) is 10.1. The van der Waals surface area contributed by atoms with Gasteiger partial charge in [0.25, 0.3) is 0 Å². The summed E-state index contributed by atoms with van der Waals surface area (Å²) in [6, 6.07) is 4.70. The Morgan fingerprint density at radius 2 is 1.96 bits per heavy atom. The van der Waals surface area contributed by atoms with Gasteiger partial charge in [-0.2, -0.15) is 0 Å². The van der Waals surface area contributed by atoms with E-state index >= 15 is 0 Å². The molecular formula is C17H25ClN2O5. The van der Waals surface area contributed by atoms with Crippen molar-refractivity contribution in [3.8, 4) is 11.5 Å². The number of hydrogen-bond acceptors (Lipinski definition) is 5. The first-order chi connectivity index (χ1) is 11.5. The molecule has 0 fully saturated rings. The highest BCUT2D eigenvalue weighted by Gasteiger charge is 2.23. The summed E-state index contributed by atoms with van der Waals surface area (Å²) >= 11 is 0. The van der Waals surface area contributed by atoms with Crippen molar-refractivity contribution in [2.45, 2.75) is 32.7 Å². The average Bonchev–Trinajstić information content (AvgIpc) is 2.78. The molecule has 0 aromatic heterocycles. The maximum Gasteiger partial charge on any atom is 0.317 e. The van der Waals surface area contributed by atoms with E-state index in [1.807, 2.05) is 6.92 Å². The molecule has 7 nitrogen and oxygen atoms in total. The number of benzene rings is 1. The standard InChI is InChI=1S/C17H24N2O5.ClH/c1-3-7-19(11-16(20)21)12(2)17(22)18-13-5-6-14-15(10-13)24-9-4-8-23-14;/h5-6,10,12H,3-4,7-9,11H2,1-2H3,(H,18,22)(H,20,21);1H. The monoisotopic (exact) mass is 372 g/mol. The summed E-state index contributed by atoms with van der Waals surface area (Å²) in [5.74, 6) is 0.0730. The van der Waals surface area contributed by atoms with Gasteiger partial charge in [0.15, 0.2) is 11.5 Å². The van der Waals surface area contributed by atoms with Gasteiger partial charge in [-0.3, -0.25) is 14.5 Å². The fourth-order valence-corrected chi connectivity index (χ4v) is 2.52. The normalized spacial score (nSPS) is 14.2. The van der Waals surface area contributed by atoms with Crippen molar-refractivity contribution >= 4 is 30.0 Å². The van der Waals surface area contributed by atoms with E-state index in [1.165, 1.54) is 0 Å². The van der Waals surface area contributed by atoms with Crippen LogP contribution in [-0.2, 0) is 9.59 Å². The fourth-order valence-electron chi connectivity index (χ4n) is 2.52. The van der Waals surface area contributed by atoms with E-state index in [-0.39, 0.29) is 24.9 Å². The van der Waals surface area contributed by atoms with Gasteiger partial charge >= 0.3 is 5.97 Å². The number of aliphatic carboxylic acids is 1. The smallest absolute Gasteiger partial charge is 0.317 e. The quantitative estimate of drug-likeness (QED) is 0.764. The van der Waals surface area contributed by atoms with Crippen LogP contribution in [0.4, 0.5) is 5.69 Å². The molecular weight excluding hydrogens is 348 g/mol. The van der Waals surface area contributed by atoms with E-state index in [9.17, 15) is 9.59 Å². The second-order valence-corrected chi connectivity index (χ2v) is 5.74. The van der Waals surface area contributed by atoms with E-state index in [4.69, 9.17) is 14.6 Å². The minimum Gasteiger partial charge on any atom is -0.490 e. The number of hydrogen-bond donors (Lipinski definition) is 2. The number of carboxylic acids is 1. The lowest BCUT2D eigenvalue weighted by Crippen LogP contribution is -2.44. The Kier molecular flexibility index (Phi) is 8.51. The first-order valence-electron chi connectivity index (χ1n) is 8.17. The number of carboxylic acid groups (broad SMARTS) is 1. The molecule has 1 heterocycles. The van der Waals surface area contributed by atoms with Crippen LogP contribution in [-0.4, -0.2) is 54.2 Å². The van der Waals surface area contributed by atoms with Crippen LogP contribution in [0.1, 0.15) is 26.7 Å². The predicted octanol–water partition coefficient (Wildman–Crippen LogP) is 2.39. The summed E-state index contributed by atoms with van der Waals surface area (Å²) in [6.45, 7) is 5.21. The molecule has 0 spiro atoms. The topological polar surface area (TPSA) is 88.1 Å². The van der Waals surface area contributed by atoms with Crippen LogP contribution in [0.15, 0.2) is 18.2 Å². The molecule has 0 bridgehead atoms. The Labute approximate surface area is 153 Å². The van der Waals surface area contributed by atoms with Crippen molar-refractivity contribution in [3.05, 3.63) is 18.2 Å². The molecule has 0 saturated carbocycles. The third-order valence-corrected chi connectivity index (χ3v) is 3.79. The molecule has 1 aliphatic heterocycles. The molecule has 1 unspecified atom stereocenters. The van der Waals surface area contributed by atoms with Gasteiger partial charge in [-0.1, -0.05) is 6.92 Å². The van der Waals surface area contributed by atoms with Crippen molar-refractivity contribution in [2.24, 2.45) is 0 Å². The second-order valence-electron chi connectivity index (χ2n) is 5.74. The lowest BCUT2D eigenvalue weighted by molar-refractivity contribution is -0.139. The first kappa shape index (κ1) is 21.1. The molecule has 2 rings (SSSR count). The SMILES string of the molecule is CCCN(CC(=O)O)C(C)C(=O)Nc1ccc2c(c1)OCCCO2.Cl. The Balaban J connectivity index is 0.00000312. The van der Waals surface area contributed by atoms with Crippen molar-refractivity contribution in [3.63, 3.8) is 0 Å². The highest BCUT2D eigenvalue weighted by atomic mass is 35.5. The fraction of sp³-hybridized carbons (Fsp3) is 0.529. The number of carbonyl (C=O) groups is 2. The van der Waals surface area contributed by atoms with E-state index < -0.39 is 12.0 Å². The molecule has 8 heteroatoms. The van der Waals surface area contributed by atoms with Gasteiger partial charge in [0.1, 0.15) is 0 Å². The van der Waals surface area contributed by atoms with Crippen molar-refractivity contribution in [1.29, 1.82) is 0 Å². The van der Waals surface area contributed by atoms with Crippen LogP contribution >= 0.6 is 12.4 Å². The molecule has 1 amide bonds. The molecule has 1 atom stereocenters. The number of rotatable bonds is 7. The van der Waals surface area contributed by atoms with E-state index in [2.05, 4.69) is 5.32 Å². The van der Waals surface area contributed by atoms with Gasteiger partial charge in [-0.05, 0) is 32.0 Å². The zero-order valence-electron chi connectivity index (χ0n) is 14.5. The number of anilines is 1. The minimum atomic E-state index is -0.946. The number of ether oxygens (including phenoxy) is 2. The lowest BCUT2D eigenvalue weighted by atomic mass is 10.2. The average molecular weight is 373 g/mol. The van der Waals surface area contributed by atoms with Crippen LogP contribution in [0.2, 0.25) is 0 Å². The van der Waals surface area contributed by atoms with E-state index in [0.717, 1.165) is 12.8 Å². The largest absolute Gasteiger partial charge is 0.490 e. The summed E-state index contributed by atoms with van der Waals surface area (Å²) < 4.78 is 11.2. The number of amides is 1. The molecule has 2 N–H and O–H groups in total. The summed E-state index contributed by atoms with van der Waals surface area (Å²) in [5, 5.41) is 11.8. The predicted molar refractivity (Wildman–Crippen MR) is 96.9 cm³/mol. The molecule has 1 aliphatic rings. The number of halogens is 1. The van der Waals surface area contributed by atoms with Crippen molar-refractivity contribution < 1.29 is 24.2 Å². The first-order valence-corrected chi connectivity index (χ1v) is 8.17. The van der Waals surface area contributed by atoms with Gasteiger partial charge in [-0.25, -0.2) is 0 Å². The zero-order valence-corrected chi connectivity index (χ0v) is 15.3. The number of carbonyl (C=O) groups excluding carboxylic acids is 1. The third kappa shape index (κ3) is 6.10. The van der Waals surface area contributed by atoms with Crippen LogP contribution in [0.3, 0.4) is 0 Å². The Morgan fingerprint density at radius 3 is 2.60 bits per heavy atom. The van der Waals surface area contributed by atoms with Crippen LogP contribution in [0.5, 0.6) is 11.5 Å². The van der Waals surface area contributed by atoms with Gasteiger partial charge in [0, 0.05) is 18.2 Å². The van der Waals surface area contributed by atoms with Crippen molar-refractivity contribution in [1.82, 2.24) is 4.90 Å². The maximum absolute atomic E-state index is 12.4. The Hall–Kier alpha value is -1.99. The molecule has 1 aromatic carbocycles. The summed E-state index contributed by atoms with van der Waals surface area (Å²) in [6.07, 6.45) is 1.59. The maximum atomic E-state index is 12.4. The third-order valence-electron chi connectivity index (χ3n) is 3.79. The van der Waals surface area contributed by atoms with E-state index in [0.29, 0.717) is 36.9 Å². The molecule has 25 heavy (non-hydrogen) atoms. The number of nitrogens with zero attached hydrogens (tertiary/aromatic N) is 1. The minimum absolute atomic E-state index is 0. The molecule has 0 aliphatic carbocycles. The summed E-state index contributed by atoms with van der Waals surface area (Å²) in [7, 11) is 0. The molecule has 140 valence electrons. The van der Waals surface area contributed by atoms with Gasteiger partial charge in [0.05, 0.1) is 25.8 Å². The van der Waals surface area contributed by atoms with Gasteiger partial charge in [-0.15, -0.1) is 12.4 Å². The van der Waals surface area contributed by atoms with Crippen LogP contribution < -0.4 is 14.8 Å². The highest BCUT2D eigenvalue weighted by molar-refractivity contribution is 5.95. The summed E-state index contributed by atoms with van der Waals surface area (Å²) in [4.78, 5) is 25.0. The number of nitrogens with one attached hydrogen (secondary N) is 1. The van der Waals surface area contributed by atoms with E-state index in [1.54, 1.807) is 30.0 Å². The Morgan fingerprint density at radius 1 is 1.28 bits per heavy atom. The zero-order chi connectivity index (χ0) is 17.5. The highest BCUT2D eigenvalue weighted by Crippen LogP contribution is 2.32. The summed E-state index contributed by atoms with van der Waals surface area (Å²) in [5.41, 5.74) is 0.600. The molecule has 0 saturated heterocycles. The Bertz CT molecular complexity index is 596. The molecule has 0 radical (unpaired) electrons. The molecule has 1 aromatic rings. The van der Waals surface area contributed by atoms with Gasteiger partial charge < -0.3 is 19.9 Å². The lowest BCUT2D eigenvalue weighted by Gasteiger charge is -2.26.